The Balaban J connectivity index is 1.21. The second-order valence-corrected chi connectivity index (χ2v) is 9.22. The molecule has 0 unspecified atom stereocenters. The number of hydrogen-bond donors (Lipinski definition) is 1. The summed E-state index contributed by atoms with van der Waals surface area (Å²) < 4.78 is 25.2. The maximum Gasteiger partial charge on any atom is 0.310 e. The van der Waals surface area contributed by atoms with Gasteiger partial charge in [-0.3, -0.25) is 4.79 Å². The van der Waals surface area contributed by atoms with Crippen LogP contribution in [0.15, 0.2) is 36.4 Å². The first-order valence-electron chi connectivity index (χ1n) is 10.4. The highest BCUT2D eigenvalue weighted by Crippen LogP contribution is 2.51. The largest absolute Gasteiger partial charge is 0.496 e. The van der Waals surface area contributed by atoms with E-state index in [2.05, 4.69) is 17.0 Å². The number of carboxylic acids is 1. The number of benzene rings is 2. The zero-order chi connectivity index (χ0) is 20.9. The van der Waals surface area contributed by atoms with Gasteiger partial charge in [-0.2, -0.15) is 0 Å². The molecule has 1 spiro atoms. The van der Waals surface area contributed by atoms with Crippen LogP contribution in [-0.2, 0) is 24.2 Å². The van der Waals surface area contributed by atoms with Gasteiger partial charge in [0.25, 0.3) is 0 Å². The van der Waals surface area contributed by atoms with Crippen LogP contribution in [0, 0.1) is 16.6 Å². The summed E-state index contributed by atoms with van der Waals surface area (Å²) in [6, 6.07) is 10.9. The van der Waals surface area contributed by atoms with Crippen molar-refractivity contribution in [1.82, 2.24) is 4.90 Å². The fraction of sp³-hybridized carbons (Fsp3) is 0.458. The number of fused-ring (bicyclic) bond motifs is 1. The fourth-order valence-corrected chi connectivity index (χ4v) is 5.18. The summed E-state index contributed by atoms with van der Waals surface area (Å²) >= 11 is 0. The summed E-state index contributed by atoms with van der Waals surface area (Å²) in [4.78, 5) is 13.7. The molecule has 5 nitrogen and oxygen atoms in total. The number of methoxy groups -OCH3 is 1. The molecule has 158 valence electrons. The number of carboxylic acid groups (broad SMARTS) is 1. The quantitative estimate of drug-likeness (QED) is 0.753. The molecule has 5 rings (SSSR count). The number of carbonyl (C=O) groups is 1. The molecule has 6 heteroatoms. The van der Waals surface area contributed by atoms with Crippen molar-refractivity contribution < 1.29 is 23.8 Å². The molecule has 0 atom stereocenters. The zero-order valence-corrected chi connectivity index (χ0v) is 17.1. The van der Waals surface area contributed by atoms with E-state index in [1.54, 1.807) is 12.1 Å². The van der Waals surface area contributed by atoms with E-state index >= 15 is 0 Å². The highest BCUT2D eigenvalue weighted by Gasteiger charge is 2.55. The van der Waals surface area contributed by atoms with Crippen molar-refractivity contribution in [3.8, 4) is 11.5 Å². The number of rotatable bonds is 7. The van der Waals surface area contributed by atoms with Crippen LogP contribution in [0.25, 0.3) is 0 Å². The van der Waals surface area contributed by atoms with Crippen molar-refractivity contribution in [2.45, 2.75) is 32.3 Å². The Morgan fingerprint density at radius 1 is 1.17 bits per heavy atom. The smallest absolute Gasteiger partial charge is 0.310 e. The molecule has 1 saturated carbocycles. The Kier molecular flexibility index (Phi) is 4.51. The van der Waals surface area contributed by atoms with E-state index in [1.165, 1.54) is 24.3 Å². The van der Waals surface area contributed by atoms with Crippen LogP contribution in [0.3, 0.4) is 0 Å². The third kappa shape index (κ3) is 3.33. The van der Waals surface area contributed by atoms with Crippen LogP contribution in [0.5, 0.6) is 11.5 Å². The van der Waals surface area contributed by atoms with Gasteiger partial charge in [-0.05, 0) is 61.1 Å². The Bertz CT molecular complexity index is 995. The number of nitrogens with zero attached hydrogens (tertiary/aromatic N) is 1. The first kappa shape index (κ1) is 19.4. The average Bonchev–Trinajstić information content (AvgIpc) is 3.38. The van der Waals surface area contributed by atoms with Crippen LogP contribution < -0.4 is 9.47 Å². The topological polar surface area (TPSA) is 59.0 Å². The predicted octanol–water partition coefficient (Wildman–Crippen LogP) is 3.68. The molecule has 1 saturated heterocycles. The summed E-state index contributed by atoms with van der Waals surface area (Å²) in [5.74, 6) is 0.236. The standard InChI is InChI=1S/C24H26FNO4/c1-29-21-4-2-3-20(25)19(21)12-30-18-6-5-16-10-23(11-17(16)9-18)13-26(14-23)15-24(7-8-24)22(27)28/h2-6,9H,7-8,10-15H2,1H3,(H,27,28). The van der Waals surface area contributed by atoms with E-state index in [-0.39, 0.29) is 17.8 Å². The number of hydrogen-bond acceptors (Lipinski definition) is 4. The molecule has 2 fully saturated rings. The number of ether oxygens (including phenoxy) is 2. The second-order valence-electron chi connectivity index (χ2n) is 9.22. The van der Waals surface area contributed by atoms with E-state index in [0.717, 1.165) is 44.5 Å². The maximum atomic E-state index is 14.1. The molecule has 1 N–H and O–H groups in total. The van der Waals surface area contributed by atoms with Gasteiger partial charge in [-0.1, -0.05) is 12.1 Å². The average molecular weight is 411 g/mol. The van der Waals surface area contributed by atoms with Gasteiger partial charge in [-0.15, -0.1) is 0 Å². The molecule has 1 heterocycles. The molecule has 0 amide bonds. The van der Waals surface area contributed by atoms with E-state index in [0.29, 0.717) is 17.9 Å². The molecular weight excluding hydrogens is 385 g/mol. The SMILES string of the molecule is COc1cccc(F)c1COc1ccc2c(c1)CC1(C2)CN(CC2(C(=O)O)CC2)C1. The Morgan fingerprint density at radius 3 is 2.63 bits per heavy atom. The third-order valence-electron chi connectivity index (χ3n) is 6.94. The van der Waals surface area contributed by atoms with Gasteiger partial charge in [0.2, 0.25) is 0 Å². The van der Waals surface area contributed by atoms with Gasteiger partial charge in [0, 0.05) is 25.0 Å². The summed E-state index contributed by atoms with van der Waals surface area (Å²) in [6.07, 6.45) is 3.62. The van der Waals surface area contributed by atoms with Crippen molar-refractivity contribution >= 4 is 5.97 Å². The second kappa shape index (κ2) is 6.98. The number of halogens is 1. The van der Waals surface area contributed by atoms with Crippen molar-refractivity contribution in [3.63, 3.8) is 0 Å². The lowest BCUT2D eigenvalue weighted by molar-refractivity contribution is -0.145. The lowest BCUT2D eigenvalue weighted by Gasteiger charge is -2.49. The minimum atomic E-state index is -0.647. The fourth-order valence-electron chi connectivity index (χ4n) is 5.18. The van der Waals surface area contributed by atoms with E-state index in [9.17, 15) is 14.3 Å². The molecule has 0 bridgehead atoms. The van der Waals surface area contributed by atoms with Crippen molar-refractivity contribution in [2.24, 2.45) is 10.8 Å². The third-order valence-corrected chi connectivity index (χ3v) is 6.94. The van der Waals surface area contributed by atoms with Crippen LogP contribution in [0.4, 0.5) is 4.39 Å². The van der Waals surface area contributed by atoms with E-state index in [1.807, 2.05) is 6.07 Å². The predicted molar refractivity (Wildman–Crippen MR) is 109 cm³/mol. The van der Waals surface area contributed by atoms with Gasteiger partial charge in [-0.25, -0.2) is 4.39 Å². The van der Waals surface area contributed by atoms with Crippen LogP contribution in [-0.4, -0.2) is 42.7 Å². The molecule has 2 aromatic rings. The first-order valence-corrected chi connectivity index (χ1v) is 10.4. The lowest BCUT2D eigenvalue weighted by Crippen LogP contribution is -2.58. The van der Waals surface area contributed by atoms with Gasteiger partial charge in [0.1, 0.15) is 23.9 Å². The Hall–Kier alpha value is -2.60. The molecule has 0 radical (unpaired) electrons. The summed E-state index contributed by atoms with van der Waals surface area (Å²) in [5, 5.41) is 9.41. The zero-order valence-electron chi connectivity index (χ0n) is 17.1. The van der Waals surface area contributed by atoms with Crippen molar-refractivity contribution in [2.75, 3.05) is 26.7 Å². The number of aliphatic carboxylic acids is 1. The maximum absolute atomic E-state index is 14.1. The monoisotopic (exact) mass is 411 g/mol. The highest BCUT2D eigenvalue weighted by atomic mass is 19.1. The van der Waals surface area contributed by atoms with E-state index in [4.69, 9.17) is 9.47 Å². The van der Waals surface area contributed by atoms with Crippen LogP contribution in [0.2, 0.25) is 0 Å². The molecule has 0 aromatic heterocycles. The molecule has 1 aliphatic heterocycles. The van der Waals surface area contributed by atoms with Gasteiger partial charge in [0.05, 0.1) is 18.1 Å². The number of likely N-dealkylation sites (tertiary alicyclic amines) is 1. The highest BCUT2D eigenvalue weighted by molar-refractivity contribution is 5.78. The molecular formula is C24H26FNO4. The lowest BCUT2D eigenvalue weighted by atomic mass is 9.76. The molecule has 3 aliphatic rings. The molecule has 30 heavy (non-hydrogen) atoms. The molecule has 2 aromatic carbocycles. The normalized spacial score (nSPS) is 20.5. The van der Waals surface area contributed by atoms with Crippen LogP contribution in [0.1, 0.15) is 29.5 Å². The Labute approximate surface area is 175 Å². The van der Waals surface area contributed by atoms with Crippen molar-refractivity contribution in [1.29, 1.82) is 0 Å². The minimum absolute atomic E-state index is 0.116. The summed E-state index contributed by atoms with van der Waals surface area (Å²) in [7, 11) is 1.52. The van der Waals surface area contributed by atoms with Crippen molar-refractivity contribution in [3.05, 3.63) is 58.9 Å². The summed E-state index contributed by atoms with van der Waals surface area (Å²) in [5.41, 5.74) is 2.78. The van der Waals surface area contributed by atoms with Crippen LogP contribution >= 0.6 is 0 Å². The summed E-state index contributed by atoms with van der Waals surface area (Å²) in [6.45, 7) is 2.71. The molecule has 2 aliphatic carbocycles. The van der Waals surface area contributed by atoms with E-state index < -0.39 is 11.4 Å². The van der Waals surface area contributed by atoms with Gasteiger partial charge in [0.15, 0.2) is 0 Å². The minimum Gasteiger partial charge on any atom is -0.496 e. The van der Waals surface area contributed by atoms with Gasteiger partial charge >= 0.3 is 5.97 Å². The Morgan fingerprint density at radius 2 is 1.93 bits per heavy atom. The van der Waals surface area contributed by atoms with Gasteiger partial charge < -0.3 is 19.5 Å². The first-order chi connectivity index (χ1) is 14.4.